The molecule has 0 aromatic heterocycles. The number of carboxylic acids is 1. The fraction of sp³-hybridized carbons (Fsp3) is 0.458. The van der Waals surface area contributed by atoms with Crippen LogP contribution in [0.3, 0.4) is 0 Å². The molecule has 0 heterocycles. The zero-order chi connectivity index (χ0) is 19.2. The molecule has 0 saturated heterocycles. The molecular formula is C24H33O2S+. The second-order valence-electron chi connectivity index (χ2n) is 7.05. The summed E-state index contributed by atoms with van der Waals surface area (Å²) in [6, 6.07) is 21.8. The van der Waals surface area contributed by atoms with E-state index in [1.54, 1.807) is 0 Å². The van der Waals surface area contributed by atoms with Crippen molar-refractivity contribution in [2.45, 2.75) is 74.0 Å². The molecular weight excluding hydrogens is 352 g/mol. The molecule has 27 heavy (non-hydrogen) atoms. The molecule has 146 valence electrons. The first-order chi connectivity index (χ1) is 13.3. The van der Waals surface area contributed by atoms with Gasteiger partial charge in [-0.05, 0) is 43.5 Å². The van der Waals surface area contributed by atoms with E-state index in [0.717, 1.165) is 12.8 Å². The zero-order valence-corrected chi connectivity index (χ0v) is 17.1. The number of aliphatic carboxylic acids is 1. The van der Waals surface area contributed by atoms with Crippen molar-refractivity contribution in [3.05, 3.63) is 60.7 Å². The molecule has 0 aliphatic heterocycles. The SMILES string of the molecule is O=C(O)CCCCCCCCCCC[S+](c1ccccc1)c1ccccc1. The molecule has 2 aromatic rings. The average molecular weight is 386 g/mol. The van der Waals surface area contributed by atoms with E-state index in [2.05, 4.69) is 60.7 Å². The lowest BCUT2D eigenvalue weighted by Gasteiger charge is -2.08. The van der Waals surface area contributed by atoms with Gasteiger partial charge in [0.05, 0.1) is 10.9 Å². The highest BCUT2D eigenvalue weighted by atomic mass is 32.2. The Morgan fingerprint density at radius 2 is 1.04 bits per heavy atom. The second kappa shape index (κ2) is 13.4. The number of carboxylic acid groups (broad SMARTS) is 1. The van der Waals surface area contributed by atoms with Gasteiger partial charge in [-0.25, -0.2) is 0 Å². The fourth-order valence-corrected chi connectivity index (χ4v) is 5.51. The molecule has 0 atom stereocenters. The van der Waals surface area contributed by atoms with E-state index in [1.165, 1.54) is 60.5 Å². The Balaban J connectivity index is 1.62. The molecule has 0 spiro atoms. The first kappa shape index (κ1) is 21.6. The Bertz CT molecular complexity index is 588. The van der Waals surface area contributed by atoms with Crippen LogP contribution in [-0.2, 0) is 15.7 Å². The van der Waals surface area contributed by atoms with Gasteiger partial charge in [0.15, 0.2) is 9.79 Å². The number of carbonyl (C=O) groups is 1. The fourth-order valence-electron chi connectivity index (χ4n) is 3.30. The number of hydrogen-bond acceptors (Lipinski definition) is 1. The van der Waals surface area contributed by atoms with Crippen molar-refractivity contribution in [3.8, 4) is 0 Å². The van der Waals surface area contributed by atoms with E-state index in [1.807, 2.05) is 0 Å². The summed E-state index contributed by atoms with van der Waals surface area (Å²) in [6.45, 7) is 0. The molecule has 0 unspecified atom stereocenters. The van der Waals surface area contributed by atoms with Gasteiger partial charge >= 0.3 is 5.97 Å². The van der Waals surface area contributed by atoms with Crippen LogP contribution in [-0.4, -0.2) is 16.8 Å². The summed E-state index contributed by atoms with van der Waals surface area (Å²) < 4.78 is 0. The maximum Gasteiger partial charge on any atom is 0.303 e. The van der Waals surface area contributed by atoms with E-state index in [4.69, 9.17) is 5.11 Å². The summed E-state index contributed by atoms with van der Waals surface area (Å²) in [7, 11) is 0.184. The van der Waals surface area contributed by atoms with Crippen LogP contribution in [0.4, 0.5) is 0 Å². The predicted molar refractivity (Wildman–Crippen MR) is 115 cm³/mol. The van der Waals surface area contributed by atoms with Crippen LogP contribution in [0.25, 0.3) is 0 Å². The van der Waals surface area contributed by atoms with Crippen molar-refractivity contribution in [1.29, 1.82) is 0 Å². The topological polar surface area (TPSA) is 37.3 Å². The smallest absolute Gasteiger partial charge is 0.303 e. The van der Waals surface area contributed by atoms with Gasteiger partial charge in [-0.2, -0.15) is 0 Å². The van der Waals surface area contributed by atoms with Crippen molar-refractivity contribution in [2.75, 3.05) is 5.75 Å². The Labute approximate surface area is 167 Å². The molecule has 1 N–H and O–H groups in total. The summed E-state index contributed by atoms with van der Waals surface area (Å²) in [5.41, 5.74) is 0. The molecule has 0 saturated carbocycles. The third kappa shape index (κ3) is 9.14. The van der Waals surface area contributed by atoms with Crippen LogP contribution >= 0.6 is 0 Å². The Morgan fingerprint density at radius 1 is 0.630 bits per heavy atom. The van der Waals surface area contributed by atoms with Gasteiger partial charge in [0.1, 0.15) is 5.75 Å². The number of hydrogen-bond donors (Lipinski definition) is 1. The van der Waals surface area contributed by atoms with Crippen LogP contribution in [0.1, 0.15) is 64.2 Å². The van der Waals surface area contributed by atoms with Gasteiger partial charge in [0, 0.05) is 6.42 Å². The quantitative estimate of drug-likeness (QED) is 0.290. The number of unbranched alkanes of at least 4 members (excludes halogenated alkanes) is 8. The van der Waals surface area contributed by atoms with Crippen molar-refractivity contribution >= 4 is 16.9 Å². The van der Waals surface area contributed by atoms with E-state index < -0.39 is 5.97 Å². The molecule has 0 bridgehead atoms. The normalized spacial score (nSPS) is 11.0. The molecule has 2 nitrogen and oxygen atoms in total. The number of benzene rings is 2. The highest BCUT2D eigenvalue weighted by molar-refractivity contribution is 7.97. The van der Waals surface area contributed by atoms with Crippen LogP contribution in [0.5, 0.6) is 0 Å². The van der Waals surface area contributed by atoms with Crippen molar-refractivity contribution in [2.24, 2.45) is 0 Å². The Kier molecular flexibility index (Phi) is 10.7. The van der Waals surface area contributed by atoms with Gasteiger partial charge in [0.25, 0.3) is 0 Å². The van der Waals surface area contributed by atoms with Gasteiger partial charge in [0.2, 0.25) is 0 Å². The minimum atomic E-state index is -0.667. The molecule has 2 rings (SSSR count). The summed E-state index contributed by atoms with van der Waals surface area (Å²) >= 11 is 0. The second-order valence-corrected chi connectivity index (χ2v) is 9.18. The first-order valence-electron chi connectivity index (χ1n) is 10.3. The van der Waals surface area contributed by atoms with Crippen LogP contribution < -0.4 is 0 Å². The van der Waals surface area contributed by atoms with Gasteiger partial charge in [-0.15, -0.1) is 0 Å². The zero-order valence-electron chi connectivity index (χ0n) is 16.3. The van der Waals surface area contributed by atoms with Crippen molar-refractivity contribution in [3.63, 3.8) is 0 Å². The largest absolute Gasteiger partial charge is 0.481 e. The molecule has 0 amide bonds. The molecule has 0 radical (unpaired) electrons. The van der Waals surface area contributed by atoms with Gasteiger partial charge < -0.3 is 5.11 Å². The Morgan fingerprint density at radius 3 is 1.48 bits per heavy atom. The van der Waals surface area contributed by atoms with Crippen LogP contribution in [0, 0.1) is 0 Å². The molecule has 0 fully saturated rings. The monoisotopic (exact) mass is 385 g/mol. The summed E-state index contributed by atoms with van der Waals surface area (Å²) in [4.78, 5) is 13.4. The van der Waals surface area contributed by atoms with E-state index >= 15 is 0 Å². The summed E-state index contributed by atoms with van der Waals surface area (Å²) in [5, 5.41) is 8.62. The molecule has 0 aliphatic carbocycles. The summed E-state index contributed by atoms with van der Waals surface area (Å²) in [6.07, 6.45) is 11.1. The van der Waals surface area contributed by atoms with E-state index in [9.17, 15) is 4.79 Å². The standard InChI is InChI=1S/C24H32O2S/c25-24(26)20-14-6-4-2-1-3-5-7-15-21-27(22-16-10-8-11-17-22)23-18-12-9-13-19-23/h8-13,16-19H,1-7,14-15,20-21H2/p+1. The lowest BCUT2D eigenvalue weighted by molar-refractivity contribution is -0.137. The minimum Gasteiger partial charge on any atom is -0.481 e. The predicted octanol–water partition coefficient (Wildman–Crippen LogP) is 6.71. The van der Waals surface area contributed by atoms with Crippen LogP contribution in [0.15, 0.2) is 70.5 Å². The maximum absolute atomic E-state index is 10.5. The highest BCUT2D eigenvalue weighted by Crippen LogP contribution is 2.25. The van der Waals surface area contributed by atoms with Gasteiger partial charge in [-0.3, -0.25) is 4.79 Å². The van der Waals surface area contributed by atoms with Crippen LogP contribution in [0.2, 0.25) is 0 Å². The third-order valence-electron chi connectivity index (χ3n) is 4.79. The van der Waals surface area contributed by atoms with E-state index in [-0.39, 0.29) is 10.9 Å². The minimum absolute atomic E-state index is 0.184. The Hall–Kier alpha value is -1.74. The third-order valence-corrected chi connectivity index (χ3v) is 7.17. The molecule has 3 heteroatoms. The first-order valence-corrected chi connectivity index (χ1v) is 11.7. The van der Waals surface area contributed by atoms with Crippen molar-refractivity contribution < 1.29 is 9.90 Å². The molecule has 0 aliphatic rings. The lowest BCUT2D eigenvalue weighted by atomic mass is 10.1. The molecule has 2 aromatic carbocycles. The average Bonchev–Trinajstić information content (AvgIpc) is 2.70. The number of rotatable bonds is 14. The summed E-state index contributed by atoms with van der Waals surface area (Å²) in [5.74, 6) is 0.573. The van der Waals surface area contributed by atoms with E-state index in [0.29, 0.717) is 6.42 Å². The highest BCUT2D eigenvalue weighted by Gasteiger charge is 2.23. The van der Waals surface area contributed by atoms with Gasteiger partial charge in [-0.1, -0.05) is 74.9 Å². The van der Waals surface area contributed by atoms with Crippen molar-refractivity contribution in [1.82, 2.24) is 0 Å². The maximum atomic E-state index is 10.5. The lowest BCUT2D eigenvalue weighted by Crippen LogP contribution is -2.08.